The zero-order valence-electron chi connectivity index (χ0n) is 11.4. The zero-order valence-corrected chi connectivity index (χ0v) is 13.8. The maximum atomic E-state index is 13.8. The summed E-state index contributed by atoms with van der Waals surface area (Å²) >= 11 is 13.6. The molecule has 0 aromatic heterocycles. The summed E-state index contributed by atoms with van der Waals surface area (Å²) in [4.78, 5) is 14.3. The van der Waals surface area contributed by atoms with Gasteiger partial charge in [0.1, 0.15) is 11.2 Å². The highest BCUT2D eigenvalue weighted by atomic mass is 35.5. The molecule has 1 saturated heterocycles. The Labute approximate surface area is 142 Å². The molecule has 0 bridgehead atoms. The van der Waals surface area contributed by atoms with E-state index >= 15 is 0 Å². The second-order valence-electron chi connectivity index (χ2n) is 4.88. The molecule has 1 aliphatic rings. The minimum absolute atomic E-state index is 0.0926. The Balaban J connectivity index is 1.91. The molecule has 1 atom stereocenters. The molecule has 2 aromatic rings. The van der Waals surface area contributed by atoms with Crippen LogP contribution in [-0.2, 0) is 0 Å². The van der Waals surface area contributed by atoms with Crippen LogP contribution in [0.3, 0.4) is 0 Å². The van der Waals surface area contributed by atoms with E-state index in [1.807, 2.05) is 6.07 Å². The van der Waals surface area contributed by atoms with Gasteiger partial charge < -0.3 is 4.90 Å². The lowest BCUT2D eigenvalue weighted by atomic mass is 10.1. The van der Waals surface area contributed by atoms with E-state index in [9.17, 15) is 9.18 Å². The topological polar surface area (TPSA) is 20.3 Å². The van der Waals surface area contributed by atoms with Crippen LogP contribution in [0.25, 0.3) is 0 Å². The predicted octanol–water partition coefficient (Wildman–Crippen LogP) is 5.02. The fraction of sp³-hybridized carbons (Fsp3) is 0.188. The second-order valence-corrected chi connectivity index (χ2v) is 6.88. The van der Waals surface area contributed by atoms with E-state index in [0.717, 1.165) is 11.3 Å². The lowest BCUT2D eigenvalue weighted by Gasteiger charge is -2.24. The van der Waals surface area contributed by atoms with Crippen LogP contribution >= 0.6 is 35.0 Å². The number of halogens is 3. The van der Waals surface area contributed by atoms with E-state index < -0.39 is 5.82 Å². The number of benzene rings is 2. The minimum atomic E-state index is -0.503. The van der Waals surface area contributed by atoms with Gasteiger partial charge in [-0.25, -0.2) is 4.39 Å². The summed E-state index contributed by atoms with van der Waals surface area (Å²) in [5, 5.41) is 0.743. The van der Waals surface area contributed by atoms with Crippen LogP contribution in [0, 0.1) is 5.82 Å². The van der Waals surface area contributed by atoms with Gasteiger partial charge in [-0.1, -0.05) is 41.4 Å². The first-order valence-electron chi connectivity index (χ1n) is 6.70. The quantitative estimate of drug-likeness (QED) is 0.753. The molecule has 0 spiro atoms. The Morgan fingerprint density at radius 1 is 1.18 bits per heavy atom. The highest BCUT2D eigenvalue weighted by Gasteiger charge is 2.32. The molecule has 1 heterocycles. The highest BCUT2D eigenvalue weighted by molar-refractivity contribution is 7.99. The first-order valence-corrected chi connectivity index (χ1v) is 8.50. The van der Waals surface area contributed by atoms with Crippen LogP contribution in [0.1, 0.15) is 21.3 Å². The third-order valence-electron chi connectivity index (χ3n) is 3.48. The third-order valence-corrected chi connectivity index (χ3v) is 5.48. The van der Waals surface area contributed by atoms with Gasteiger partial charge in [-0.2, -0.15) is 0 Å². The van der Waals surface area contributed by atoms with Crippen LogP contribution < -0.4 is 0 Å². The molecule has 2 aromatic carbocycles. The van der Waals surface area contributed by atoms with Crippen molar-refractivity contribution in [2.75, 3.05) is 12.3 Å². The minimum Gasteiger partial charge on any atom is -0.322 e. The van der Waals surface area contributed by atoms with Crippen molar-refractivity contribution in [3.63, 3.8) is 0 Å². The van der Waals surface area contributed by atoms with Crippen LogP contribution in [0.4, 0.5) is 4.39 Å². The number of thioether (sulfide) groups is 1. The molecule has 1 amide bonds. The highest BCUT2D eigenvalue weighted by Crippen LogP contribution is 2.40. The fourth-order valence-electron chi connectivity index (χ4n) is 2.41. The molecule has 2 nitrogen and oxygen atoms in total. The Kier molecular flexibility index (Phi) is 4.62. The van der Waals surface area contributed by atoms with Crippen molar-refractivity contribution in [3.05, 3.63) is 69.5 Å². The number of amides is 1. The van der Waals surface area contributed by atoms with E-state index in [0.29, 0.717) is 16.6 Å². The summed E-state index contributed by atoms with van der Waals surface area (Å²) in [6.07, 6.45) is 0. The average Bonchev–Trinajstić information content (AvgIpc) is 2.99. The smallest absolute Gasteiger partial charge is 0.258 e. The van der Waals surface area contributed by atoms with Crippen molar-refractivity contribution in [2.24, 2.45) is 0 Å². The lowest BCUT2D eigenvalue weighted by Crippen LogP contribution is -2.31. The second kappa shape index (κ2) is 6.49. The molecule has 0 saturated carbocycles. The van der Waals surface area contributed by atoms with Gasteiger partial charge in [-0.05, 0) is 29.8 Å². The molecule has 114 valence electrons. The summed E-state index contributed by atoms with van der Waals surface area (Å²) < 4.78 is 13.8. The summed E-state index contributed by atoms with van der Waals surface area (Å²) in [7, 11) is 0. The molecule has 0 aliphatic carbocycles. The van der Waals surface area contributed by atoms with Gasteiger partial charge in [0.15, 0.2) is 0 Å². The van der Waals surface area contributed by atoms with Crippen molar-refractivity contribution in [3.8, 4) is 0 Å². The number of hydrogen-bond donors (Lipinski definition) is 0. The predicted molar refractivity (Wildman–Crippen MR) is 89.1 cm³/mol. The molecule has 1 aliphatic heterocycles. The van der Waals surface area contributed by atoms with Gasteiger partial charge in [-0.15, -0.1) is 11.8 Å². The summed E-state index contributed by atoms with van der Waals surface area (Å²) in [5.41, 5.74) is 0.983. The van der Waals surface area contributed by atoms with Crippen LogP contribution in [0.15, 0.2) is 42.5 Å². The molecular weight excluding hydrogens is 344 g/mol. The largest absolute Gasteiger partial charge is 0.322 e. The van der Waals surface area contributed by atoms with Gasteiger partial charge in [-0.3, -0.25) is 4.79 Å². The van der Waals surface area contributed by atoms with Crippen LogP contribution in [0.2, 0.25) is 10.0 Å². The molecule has 1 fully saturated rings. The summed E-state index contributed by atoms with van der Waals surface area (Å²) in [5.74, 6) is -0.0121. The Hall–Kier alpha value is -1.23. The van der Waals surface area contributed by atoms with E-state index in [4.69, 9.17) is 23.2 Å². The van der Waals surface area contributed by atoms with Crippen molar-refractivity contribution >= 4 is 40.9 Å². The van der Waals surface area contributed by atoms with E-state index in [1.165, 1.54) is 12.1 Å². The number of rotatable bonds is 2. The van der Waals surface area contributed by atoms with E-state index in [2.05, 4.69) is 0 Å². The number of carbonyl (C=O) groups excluding carboxylic acids is 1. The number of hydrogen-bond acceptors (Lipinski definition) is 2. The van der Waals surface area contributed by atoms with Gasteiger partial charge in [0.25, 0.3) is 5.91 Å². The lowest BCUT2D eigenvalue weighted by molar-refractivity contribution is 0.0755. The molecule has 6 heteroatoms. The monoisotopic (exact) mass is 355 g/mol. The number of nitrogens with zero attached hydrogens (tertiary/aromatic N) is 1. The van der Waals surface area contributed by atoms with Crippen molar-refractivity contribution in [2.45, 2.75) is 5.37 Å². The maximum absolute atomic E-state index is 13.8. The normalized spacial score (nSPS) is 17.8. The molecule has 1 unspecified atom stereocenters. The molecular formula is C16H12Cl2FNOS. The number of carbonyl (C=O) groups is 1. The SMILES string of the molecule is O=C(c1ccccc1F)N1CCSC1c1ccc(Cl)c(Cl)c1. The van der Waals surface area contributed by atoms with E-state index in [1.54, 1.807) is 40.9 Å². The van der Waals surface area contributed by atoms with Gasteiger partial charge in [0, 0.05) is 12.3 Å². The first-order chi connectivity index (χ1) is 10.6. The third kappa shape index (κ3) is 2.96. The van der Waals surface area contributed by atoms with Crippen molar-refractivity contribution in [1.82, 2.24) is 4.90 Å². The molecule has 22 heavy (non-hydrogen) atoms. The van der Waals surface area contributed by atoms with Crippen LogP contribution in [-0.4, -0.2) is 23.1 Å². The molecule has 0 radical (unpaired) electrons. The molecule has 0 N–H and O–H groups in total. The van der Waals surface area contributed by atoms with Crippen molar-refractivity contribution in [1.29, 1.82) is 0 Å². The Morgan fingerprint density at radius 3 is 2.68 bits per heavy atom. The van der Waals surface area contributed by atoms with Crippen LogP contribution in [0.5, 0.6) is 0 Å². The Bertz CT molecular complexity index is 725. The summed E-state index contributed by atoms with van der Waals surface area (Å²) in [6.45, 7) is 0.572. The standard InChI is InChI=1S/C16H12Cl2FNOS/c17-12-6-5-10(9-13(12)18)16-20(7-8-22-16)15(21)11-3-1-2-4-14(11)19/h1-6,9,16H,7-8H2. The van der Waals surface area contributed by atoms with Gasteiger partial charge >= 0.3 is 0 Å². The summed E-state index contributed by atoms with van der Waals surface area (Å²) in [6, 6.07) is 11.4. The average molecular weight is 356 g/mol. The fourth-order valence-corrected chi connectivity index (χ4v) is 3.96. The zero-order chi connectivity index (χ0) is 15.7. The van der Waals surface area contributed by atoms with Crippen molar-refractivity contribution < 1.29 is 9.18 Å². The first kappa shape index (κ1) is 15.7. The Morgan fingerprint density at radius 2 is 1.95 bits per heavy atom. The van der Waals surface area contributed by atoms with E-state index in [-0.39, 0.29) is 16.8 Å². The maximum Gasteiger partial charge on any atom is 0.258 e. The molecule has 3 rings (SSSR count). The van der Waals surface area contributed by atoms with Gasteiger partial charge in [0.05, 0.1) is 15.6 Å². The van der Waals surface area contributed by atoms with Gasteiger partial charge in [0.2, 0.25) is 0 Å².